The van der Waals surface area contributed by atoms with Crippen LogP contribution in [0.3, 0.4) is 0 Å². The molecule has 0 bridgehead atoms. The van der Waals surface area contributed by atoms with Crippen molar-refractivity contribution < 1.29 is 28.6 Å². The fraction of sp³-hybridized carbons (Fsp3) is 0.644. The molecule has 0 aromatic rings. The summed E-state index contributed by atoms with van der Waals surface area (Å²) in [6.45, 7) is 6.32. The quantitative estimate of drug-likeness (QED) is 0.0262. The van der Waals surface area contributed by atoms with Crippen LogP contribution in [0, 0.1) is 0 Å². The van der Waals surface area contributed by atoms with E-state index in [1.165, 1.54) is 64.2 Å². The van der Waals surface area contributed by atoms with Crippen molar-refractivity contribution in [1.29, 1.82) is 0 Å². The molecule has 0 N–H and O–H groups in total. The van der Waals surface area contributed by atoms with E-state index < -0.39 is 6.10 Å². The summed E-state index contributed by atoms with van der Waals surface area (Å²) in [5.74, 6) is -0.995. The minimum absolute atomic E-state index is 0.110. The molecule has 0 aliphatic carbocycles. The fourth-order valence-electron chi connectivity index (χ4n) is 6.84. The topological polar surface area (TPSA) is 78.9 Å². The summed E-state index contributed by atoms with van der Waals surface area (Å²) in [5, 5.41) is 0. The number of carbonyl (C=O) groups is 3. The van der Waals surface area contributed by atoms with Crippen molar-refractivity contribution >= 4 is 17.9 Å². The van der Waals surface area contributed by atoms with Crippen LogP contribution in [0.5, 0.6) is 0 Å². The van der Waals surface area contributed by atoms with E-state index in [0.717, 1.165) is 116 Å². The lowest BCUT2D eigenvalue weighted by Gasteiger charge is -2.18. The first-order valence-corrected chi connectivity index (χ1v) is 26.4. The van der Waals surface area contributed by atoms with E-state index in [-0.39, 0.29) is 37.5 Å². The Morgan fingerprint density at radius 2 is 0.615 bits per heavy atom. The molecule has 0 fully saturated rings. The van der Waals surface area contributed by atoms with E-state index in [1.54, 1.807) is 0 Å². The lowest BCUT2D eigenvalue weighted by atomic mass is 10.1. The molecule has 0 heterocycles. The highest BCUT2D eigenvalue weighted by molar-refractivity contribution is 5.71. The van der Waals surface area contributed by atoms with Crippen LogP contribution in [0.25, 0.3) is 0 Å². The molecule has 368 valence electrons. The molecule has 0 rings (SSSR count). The van der Waals surface area contributed by atoms with Gasteiger partial charge in [-0.25, -0.2) is 0 Å². The van der Waals surface area contributed by atoms with Crippen LogP contribution < -0.4 is 0 Å². The third-order valence-electron chi connectivity index (χ3n) is 10.7. The van der Waals surface area contributed by atoms with Gasteiger partial charge in [0.05, 0.1) is 0 Å². The number of allylic oxidation sites excluding steroid dienone is 18. The molecule has 6 nitrogen and oxygen atoms in total. The van der Waals surface area contributed by atoms with Crippen molar-refractivity contribution in [2.45, 2.75) is 232 Å². The smallest absolute Gasteiger partial charge is 0.306 e. The highest BCUT2D eigenvalue weighted by atomic mass is 16.6. The summed E-state index contributed by atoms with van der Waals surface area (Å²) < 4.78 is 16.7. The molecule has 0 aliphatic rings. The number of hydrogen-bond donors (Lipinski definition) is 0. The van der Waals surface area contributed by atoms with Crippen LogP contribution in [0.4, 0.5) is 0 Å². The Bertz CT molecular complexity index is 1360. The van der Waals surface area contributed by atoms with E-state index in [2.05, 4.69) is 130 Å². The summed E-state index contributed by atoms with van der Waals surface area (Å²) in [5.41, 5.74) is 0. The number of unbranched alkanes of at least 4 members (excludes halogenated alkanes) is 17. The van der Waals surface area contributed by atoms with Crippen molar-refractivity contribution in [3.8, 4) is 0 Å². The molecule has 0 unspecified atom stereocenters. The summed E-state index contributed by atoms with van der Waals surface area (Å²) in [4.78, 5) is 38.0. The van der Waals surface area contributed by atoms with Crippen LogP contribution in [-0.4, -0.2) is 37.2 Å². The van der Waals surface area contributed by atoms with Gasteiger partial charge in [-0.2, -0.15) is 0 Å². The number of carbonyl (C=O) groups excluding carboxylic acids is 3. The first kappa shape index (κ1) is 61.1. The Kier molecular flexibility index (Phi) is 49.5. The second-order valence-electron chi connectivity index (χ2n) is 17.0. The van der Waals surface area contributed by atoms with Gasteiger partial charge in [-0.05, 0) is 116 Å². The highest BCUT2D eigenvalue weighted by Gasteiger charge is 2.19. The van der Waals surface area contributed by atoms with Crippen LogP contribution in [0.1, 0.15) is 226 Å². The van der Waals surface area contributed by atoms with Gasteiger partial charge in [-0.3, -0.25) is 14.4 Å². The average Bonchev–Trinajstić information content (AvgIpc) is 3.30. The Morgan fingerprint density at radius 3 is 1.00 bits per heavy atom. The molecule has 0 aromatic carbocycles. The van der Waals surface area contributed by atoms with Gasteiger partial charge < -0.3 is 14.2 Å². The normalized spacial score (nSPS) is 13.0. The fourth-order valence-corrected chi connectivity index (χ4v) is 6.84. The molecule has 0 amide bonds. The van der Waals surface area contributed by atoms with Crippen molar-refractivity contribution in [3.63, 3.8) is 0 Å². The van der Waals surface area contributed by atoms with E-state index in [0.29, 0.717) is 19.3 Å². The largest absolute Gasteiger partial charge is 0.462 e. The van der Waals surface area contributed by atoms with Crippen LogP contribution in [0.2, 0.25) is 0 Å². The van der Waals surface area contributed by atoms with Gasteiger partial charge in [0.1, 0.15) is 13.2 Å². The molecule has 1 atom stereocenters. The zero-order valence-electron chi connectivity index (χ0n) is 42.0. The Morgan fingerprint density at radius 1 is 0.323 bits per heavy atom. The zero-order valence-corrected chi connectivity index (χ0v) is 42.0. The predicted molar refractivity (Wildman–Crippen MR) is 279 cm³/mol. The molecule has 0 aromatic heterocycles. The molecule has 65 heavy (non-hydrogen) atoms. The van der Waals surface area contributed by atoms with E-state index >= 15 is 0 Å². The Labute approximate surface area is 400 Å². The van der Waals surface area contributed by atoms with Crippen molar-refractivity contribution in [2.75, 3.05) is 13.2 Å². The molecule has 6 heteroatoms. The maximum Gasteiger partial charge on any atom is 0.306 e. The van der Waals surface area contributed by atoms with Gasteiger partial charge in [0.2, 0.25) is 0 Å². The molecule has 0 aliphatic heterocycles. The Hall–Kier alpha value is -3.93. The lowest BCUT2D eigenvalue weighted by Crippen LogP contribution is -2.30. The summed E-state index contributed by atoms with van der Waals surface area (Å²) in [6.07, 6.45) is 70.7. The van der Waals surface area contributed by atoms with Gasteiger partial charge >= 0.3 is 17.9 Å². The van der Waals surface area contributed by atoms with Crippen molar-refractivity contribution in [2.24, 2.45) is 0 Å². The first-order valence-electron chi connectivity index (χ1n) is 26.4. The maximum atomic E-state index is 12.8. The second kappa shape index (κ2) is 52.7. The molecular formula is C59H96O6. The van der Waals surface area contributed by atoms with Crippen LogP contribution >= 0.6 is 0 Å². The second-order valence-corrected chi connectivity index (χ2v) is 17.0. The van der Waals surface area contributed by atoms with Crippen LogP contribution in [0.15, 0.2) is 109 Å². The minimum atomic E-state index is -0.818. The van der Waals surface area contributed by atoms with Crippen molar-refractivity contribution in [1.82, 2.24) is 0 Å². The zero-order chi connectivity index (χ0) is 47.2. The number of hydrogen-bond acceptors (Lipinski definition) is 6. The first-order chi connectivity index (χ1) is 32.0. The van der Waals surface area contributed by atoms with Gasteiger partial charge in [-0.1, -0.05) is 201 Å². The van der Waals surface area contributed by atoms with E-state index in [1.807, 2.05) is 0 Å². The number of esters is 3. The monoisotopic (exact) mass is 901 g/mol. The van der Waals surface area contributed by atoms with Gasteiger partial charge in [0.15, 0.2) is 6.10 Å². The molecule has 0 saturated carbocycles. The average molecular weight is 901 g/mol. The summed E-state index contributed by atoms with van der Waals surface area (Å²) in [7, 11) is 0. The number of ether oxygens (including phenoxy) is 3. The van der Waals surface area contributed by atoms with E-state index in [9.17, 15) is 14.4 Å². The Balaban J connectivity index is 4.53. The molecular weight excluding hydrogens is 805 g/mol. The van der Waals surface area contributed by atoms with Gasteiger partial charge in [0, 0.05) is 19.3 Å². The van der Waals surface area contributed by atoms with Crippen molar-refractivity contribution in [3.05, 3.63) is 109 Å². The van der Waals surface area contributed by atoms with E-state index in [4.69, 9.17) is 14.2 Å². The standard InChI is InChI=1S/C59H96O6/c1-4-7-10-13-16-19-22-25-28-29-32-35-38-41-44-47-50-53-59(62)65-56(54-63-57(60)51-48-45-42-39-36-33-30-26-23-20-17-14-11-8-5-2)55-64-58(61)52-49-46-43-40-37-34-31-27-24-21-18-15-12-9-6-3/h7-8,10-11,16-17,19-21,24-26,28,30,32,35,41,44,56H,4-6,9,12-15,18,22-23,27,29,31,33-34,36-40,42-43,45-55H2,1-3H3/b10-7-,11-8-,19-16-,20-17-,24-21-,28-25-,30-26-,35-32-,44-41-/t56-/m1/s1. The third-order valence-corrected chi connectivity index (χ3v) is 10.7. The SMILES string of the molecule is CC/C=C\C/C=C\C/C=C\C/C=C\C/C=C\CCCC(=O)O[C@H](COC(=O)CCCCCCC/C=C\C/C=C\C/C=C\CC)COC(=O)CCCCCCCCC/C=C\CCCCCC. The predicted octanol–water partition coefficient (Wildman–Crippen LogP) is 17.5. The molecule has 0 radical (unpaired) electrons. The third kappa shape index (κ3) is 50.9. The number of rotatable bonds is 46. The highest BCUT2D eigenvalue weighted by Crippen LogP contribution is 2.13. The minimum Gasteiger partial charge on any atom is -0.462 e. The maximum absolute atomic E-state index is 12.8. The summed E-state index contributed by atoms with van der Waals surface area (Å²) >= 11 is 0. The molecule has 0 saturated heterocycles. The lowest BCUT2D eigenvalue weighted by molar-refractivity contribution is -0.167. The molecule has 0 spiro atoms. The summed E-state index contributed by atoms with van der Waals surface area (Å²) in [6, 6.07) is 0. The van der Waals surface area contributed by atoms with Gasteiger partial charge in [-0.15, -0.1) is 0 Å². The van der Waals surface area contributed by atoms with Gasteiger partial charge in [0.25, 0.3) is 0 Å². The van der Waals surface area contributed by atoms with Crippen LogP contribution in [-0.2, 0) is 28.6 Å².